The number of carbonyl (C=O) groups is 2. The molecule has 2 aromatic rings. The Hall–Kier alpha value is -3.40. The third-order valence-electron chi connectivity index (χ3n) is 3.12. The normalized spacial score (nSPS) is 9.76. The van der Waals surface area contributed by atoms with Crippen LogP contribution in [0.1, 0.15) is 11.1 Å². The van der Waals surface area contributed by atoms with Crippen LogP contribution in [-0.2, 0) is 20.9 Å². The van der Waals surface area contributed by atoms with E-state index in [1.807, 2.05) is 6.07 Å². The van der Waals surface area contributed by atoms with E-state index >= 15 is 0 Å². The van der Waals surface area contributed by atoms with Crippen molar-refractivity contribution in [1.29, 1.82) is 5.26 Å². The Labute approximate surface area is 143 Å². The molecule has 0 radical (unpaired) electrons. The number of halogens is 1. The Morgan fingerprint density at radius 1 is 1.08 bits per heavy atom. The van der Waals surface area contributed by atoms with Crippen molar-refractivity contribution in [3.05, 3.63) is 65.5 Å². The fourth-order valence-corrected chi connectivity index (χ4v) is 1.86. The van der Waals surface area contributed by atoms with Gasteiger partial charge in [-0.1, -0.05) is 24.3 Å². The molecule has 2 rings (SSSR count). The molecule has 1 N–H and O–H groups in total. The molecule has 7 heteroatoms. The van der Waals surface area contributed by atoms with Gasteiger partial charge in [0.05, 0.1) is 5.56 Å². The number of rotatable bonds is 7. The molecule has 0 aliphatic carbocycles. The number of nitrogens with zero attached hydrogens (tertiary/aromatic N) is 1. The smallest absolute Gasteiger partial charge is 0.344 e. The maximum Gasteiger partial charge on any atom is 0.344 e. The summed E-state index contributed by atoms with van der Waals surface area (Å²) in [5, 5.41) is 11.5. The summed E-state index contributed by atoms with van der Waals surface area (Å²) in [4.78, 5) is 23.2. The molecule has 0 aliphatic heterocycles. The van der Waals surface area contributed by atoms with Crippen LogP contribution in [0, 0.1) is 17.1 Å². The second-order valence-corrected chi connectivity index (χ2v) is 4.96. The maximum atomic E-state index is 12.8. The van der Waals surface area contributed by atoms with Gasteiger partial charge in [-0.15, -0.1) is 0 Å². The first kappa shape index (κ1) is 17.9. The lowest BCUT2D eigenvalue weighted by Crippen LogP contribution is -2.29. The van der Waals surface area contributed by atoms with E-state index in [-0.39, 0.29) is 18.1 Å². The van der Waals surface area contributed by atoms with Gasteiger partial charge in [-0.2, -0.15) is 5.26 Å². The zero-order valence-corrected chi connectivity index (χ0v) is 13.2. The fourth-order valence-electron chi connectivity index (χ4n) is 1.86. The minimum Gasteiger partial charge on any atom is -0.481 e. The third-order valence-corrected chi connectivity index (χ3v) is 3.12. The predicted octanol–water partition coefficient (Wildman–Crippen LogP) is 1.94. The number of hydrogen-bond donors (Lipinski definition) is 1. The van der Waals surface area contributed by atoms with Gasteiger partial charge in [-0.25, -0.2) is 9.18 Å². The number of benzene rings is 2. The standard InChI is InChI=1S/C18H15FN2O4/c19-15-7-5-13(6-8-15)10-21-17(22)11-25-18(23)12-24-16-4-2-1-3-14(16)9-20/h1-8H,10-12H2,(H,21,22). The van der Waals surface area contributed by atoms with Gasteiger partial charge in [-0.3, -0.25) is 4.79 Å². The van der Waals surface area contributed by atoms with Gasteiger partial charge in [-0.05, 0) is 29.8 Å². The van der Waals surface area contributed by atoms with Crippen molar-refractivity contribution in [1.82, 2.24) is 5.32 Å². The molecule has 0 aliphatic rings. The molecular weight excluding hydrogens is 327 g/mol. The van der Waals surface area contributed by atoms with Gasteiger partial charge < -0.3 is 14.8 Å². The molecule has 2 aromatic carbocycles. The molecule has 25 heavy (non-hydrogen) atoms. The number of ether oxygens (including phenoxy) is 2. The van der Waals surface area contributed by atoms with Crippen molar-refractivity contribution in [2.24, 2.45) is 0 Å². The lowest BCUT2D eigenvalue weighted by atomic mass is 10.2. The summed E-state index contributed by atoms with van der Waals surface area (Å²) in [5.41, 5.74) is 1.02. The molecule has 6 nitrogen and oxygen atoms in total. The number of esters is 1. The highest BCUT2D eigenvalue weighted by molar-refractivity contribution is 5.80. The highest BCUT2D eigenvalue weighted by Crippen LogP contribution is 2.16. The van der Waals surface area contributed by atoms with Gasteiger partial charge in [0.2, 0.25) is 0 Å². The quantitative estimate of drug-likeness (QED) is 0.777. The van der Waals surface area contributed by atoms with Crippen molar-refractivity contribution in [2.75, 3.05) is 13.2 Å². The first-order valence-corrected chi connectivity index (χ1v) is 7.37. The van der Waals surface area contributed by atoms with Gasteiger partial charge in [0, 0.05) is 6.54 Å². The first-order valence-electron chi connectivity index (χ1n) is 7.37. The summed E-state index contributed by atoms with van der Waals surface area (Å²) in [6.45, 7) is -0.671. The minimum atomic E-state index is -0.732. The van der Waals surface area contributed by atoms with E-state index in [4.69, 9.17) is 14.7 Å². The Morgan fingerprint density at radius 3 is 2.52 bits per heavy atom. The van der Waals surface area contributed by atoms with Crippen molar-refractivity contribution in [3.8, 4) is 11.8 Å². The SMILES string of the molecule is N#Cc1ccccc1OCC(=O)OCC(=O)NCc1ccc(F)cc1. The summed E-state index contributed by atoms with van der Waals surface area (Å²) >= 11 is 0. The van der Waals surface area contributed by atoms with Crippen LogP contribution in [0.15, 0.2) is 48.5 Å². The van der Waals surface area contributed by atoms with Crippen molar-refractivity contribution < 1.29 is 23.5 Å². The molecule has 0 fully saturated rings. The molecule has 0 spiro atoms. The summed E-state index contributed by atoms with van der Waals surface area (Å²) < 4.78 is 22.7. The van der Waals surface area contributed by atoms with Gasteiger partial charge in [0.1, 0.15) is 17.6 Å². The van der Waals surface area contributed by atoms with Crippen LogP contribution >= 0.6 is 0 Å². The Bertz CT molecular complexity index is 784. The molecule has 0 atom stereocenters. The van der Waals surface area contributed by atoms with Gasteiger partial charge in [0.15, 0.2) is 13.2 Å². The number of amides is 1. The highest BCUT2D eigenvalue weighted by atomic mass is 19.1. The Kier molecular flexibility index (Phi) is 6.48. The Morgan fingerprint density at radius 2 is 1.80 bits per heavy atom. The topological polar surface area (TPSA) is 88.4 Å². The van der Waals surface area contributed by atoms with Crippen molar-refractivity contribution in [3.63, 3.8) is 0 Å². The first-order chi connectivity index (χ1) is 12.1. The lowest BCUT2D eigenvalue weighted by molar-refractivity contribution is -0.150. The Balaban J connectivity index is 1.69. The average molecular weight is 342 g/mol. The fraction of sp³-hybridized carbons (Fsp3) is 0.167. The van der Waals surface area contributed by atoms with Crippen LogP contribution in [-0.4, -0.2) is 25.1 Å². The second-order valence-electron chi connectivity index (χ2n) is 4.96. The number of carbonyl (C=O) groups excluding carboxylic acids is 2. The van der Waals surface area contributed by atoms with Crippen LogP contribution in [0.5, 0.6) is 5.75 Å². The molecule has 0 unspecified atom stereocenters. The average Bonchev–Trinajstić information content (AvgIpc) is 2.64. The molecule has 0 saturated heterocycles. The lowest BCUT2D eigenvalue weighted by Gasteiger charge is -2.08. The van der Waals surface area contributed by atoms with Crippen LogP contribution in [0.25, 0.3) is 0 Å². The molecule has 0 heterocycles. The molecular formula is C18H15FN2O4. The van der Waals surface area contributed by atoms with Crippen molar-refractivity contribution in [2.45, 2.75) is 6.54 Å². The number of nitrogens with one attached hydrogen (secondary N) is 1. The van der Waals surface area contributed by atoms with E-state index in [0.29, 0.717) is 5.56 Å². The predicted molar refractivity (Wildman–Crippen MR) is 85.9 cm³/mol. The molecule has 0 saturated carbocycles. The molecule has 0 aromatic heterocycles. The van der Waals surface area contributed by atoms with Crippen LogP contribution in [0.3, 0.4) is 0 Å². The van der Waals surface area contributed by atoms with E-state index in [2.05, 4.69) is 5.32 Å². The summed E-state index contributed by atoms with van der Waals surface area (Å²) in [5.74, 6) is -1.32. The zero-order chi connectivity index (χ0) is 18.1. The van der Waals surface area contributed by atoms with E-state index in [1.165, 1.54) is 12.1 Å². The summed E-state index contributed by atoms with van der Waals surface area (Å²) in [6.07, 6.45) is 0. The van der Waals surface area contributed by atoms with E-state index < -0.39 is 25.1 Å². The van der Waals surface area contributed by atoms with E-state index in [0.717, 1.165) is 5.56 Å². The monoisotopic (exact) mass is 342 g/mol. The largest absolute Gasteiger partial charge is 0.481 e. The van der Waals surface area contributed by atoms with Crippen molar-refractivity contribution >= 4 is 11.9 Å². The number of nitriles is 1. The second kappa shape index (κ2) is 9.03. The van der Waals surface area contributed by atoms with Gasteiger partial charge in [0.25, 0.3) is 5.91 Å². The number of para-hydroxylation sites is 1. The van der Waals surface area contributed by atoms with Crippen LogP contribution < -0.4 is 10.1 Å². The third kappa shape index (κ3) is 5.95. The zero-order valence-electron chi connectivity index (χ0n) is 13.2. The number of hydrogen-bond acceptors (Lipinski definition) is 5. The summed E-state index contributed by atoms with van der Waals surface area (Å²) in [7, 11) is 0. The van der Waals surface area contributed by atoms with Gasteiger partial charge >= 0.3 is 5.97 Å². The van der Waals surface area contributed by atoms with E-state index in [1.54, 1.807) is 36.4 Å². The minimum absolute atomic E-state index is 0.197. The van der Waals surface area contributed by atoms with Crippen LogP contribution in [0.4, 0.5) is 4.39 Å². The maximum absolute atomic E-state index is 12.8. The van der Waals surface area contributed by atoms with E-state index in [9.17, 15) is 14.0 Å². The summed E-state index contributed by atoms with van der Waals surface area (Å²) in [6, 6.07) is 14.1. The highest BCUT2D eigenvalue weighted by Gasteiger charge is 2.10. The molecule has 128 valence electrons. The van der Waals surface area contributed by atoms with Crippen LogP contribution in [0.2, 0.25) is 0 Å². The molecule has 1 amide bonds. The molecule has 0 bridgehead atoms.